The summed E-state index contributed by atoms with van der Waals surface area (Å²) in [5.74, 6) is -2.62. The first-order valence-corrected chi connectivity index (χ1v) is 10.4. The van der Waals surface area contributed by atoms with Crippen LogP contribution >= 0.6 is 0 Å². The monoisotopic (exact) mass is 536 g/mol. The van der Waals surface area contributed by atoms with Crippen LogP contribution in [0.1, 0.15) is 11.1 Å². The van der Waals surface area contributed by atoms with Crippen LogP contribution < -0.4 is 19.9 Å². The molecule has 0 spiro atoms. The molecule has 0 atom stereocenters. The molecule has 15 heteroatoms. The third-order valence-corrected chi connectivity index (χ3v) is 5.38. The van der Waals surface area contributed by atoms with Crippen LogP contribution in [-0.4, -0.2) is 56.7 Å². The van der Waals surface area contributed by atoms with Crippen molar-refractivity contribution in [3.05, 3.63) is 53.3 Å². The first-order valence-electron chi connectivity index (χ1n) is 10.4. The Labute approximate surface area is 205 Å². The zero-order valence-electron chi connectivity index (χ0n) is 19.2. The third-order valence-electron chi connectivity index (χ3n) is 5.38. The second-order valence-electron chi connectivity index (χ2n) is 7.80. The highest BCUT2D eigenvalue weighted by atomic mass is 19.4. The first kappa shape index (κ1) is 27.5. The second-order valence-corrected chi connectivity index (χ2v) is 7.80. The standard InChI is InChI=1S/C22H19F7N4O4/c1-30-17(34)11-32-7-8-33(19(32)35)16-10-12(21(24,25)26)9-15(22(27,28)29)18(16)37-20(36)31(2)14-5-3-13(23)4-6-14/h3-6,9-10H,7-8,11H2,1-2H3,(H,30,34). The van der Waals surface area contributed by atoms with Gasteiger partial charge in [-0.2, -0.15) is 26.3 Å². The third kappa shape index (κ3) is 6.03. The van der Waals surface area contributed by atoms with E-state index in [2.05, 4.69) is 5.32 Å². The van der Waals surface area contributed by atoms with E-state index in [1.54, 1.807) is 0 Å². The van der Waals surface area contributed by atoms with Crippen molar-refractivity contribution in [1.29, 1.82) is 0 Å². The SMILES string of the molecule is CNC(=O)CN1CCN(c2cc(C(F)(F)F)cc(C(F)(F)F)c2OC(=O)N(C)c2ccc(F)cc2)C1=O. The summed E-state index contributed by atoms with van der Waals surface area (Å²) < 4.78 is 100. The molecular weight excluding hydrogens is 517 g/mol. The normalized spacial score (nSPS) is 14.1. The molecule has 0 radical (unpaired) electrons. The maximum absolute atomic E-state index is 13.9. The minimum atomic E-state index is -5.43. The molecule has 1 heterocycles. The number of hydrogen-bond donors (Lipinski definition) is 1. The van der Waals surface area contributed by atoms with Crippen LogP contribution in [0.25, 0.3) is 0 Å². The van der Waals surface area contributed by atoms with Crippen LogP contribution in [0, 0.1) is 5.82 Å². The largest absolute Gasteiger partial charge is 0.420 e. The smallest absolute Gasteiger partial charge is 0.407 e. The van der Waals surface area contributed by atoms with Gasteiger partial charge in [0.1, 0.15) is 17.9 Å². The number of anilines is 2. The number of halogens is 7. The summed E-state index contributed by atoms with van der Waals surface area (Å²) in [4.78, 5) is 39.4. The van der Waals surface area contributed by atoms with Gasteiger partial charge in [-0.15, -0.1) is 0 Å². The van der Waals surface area contributed by atoms with E-state index in [9.17, 15) is 45.1 Å². The molecule has 3 rings (SSSR count). The van der Waals surface area contributed by atoms with E-state index in [4.69, 9.17) is 4.74 Å². The van der Waals surface area contributed by atoms with E-state index in [1.165, 1.54) is 7.05 Å². The van der Waals surface area contributed by atoms with Crippen LogP contribution in [0.15, 0.2) is 36.4 Å². The van der Waals surface area contributed by atoms with Crippen LogP contribution in [0.3, 0.4) is 0 Å². The van der Waals surface area contributed by atoms with Crippen LogP contribution in [0.5, 0.6) is 5.75 Å². The number of ether oxygens (including phenoxy) is 1. The number of amides is 4. The molecule has 1 saturated heterocycles. The van der Waals surface area contributed by atoms with E-state index >= 15 is 0 Å². The molecule has 2 aromatic carbocycles. The summed E-state index contributed by atoms with van der Waals surface area (Å²) in [5.41, 5.74) is -4.65. The number of likely N-dealkylation sites (N-methyl/N-ethyl adjacent to an activating group) is 1. The molecule has 1 fully saturated rings. The number of carbonyl (C=O) groups excluding carboxylic acids is 3. The molecule has 2 aromatic rings. The molecule has 0 saturated carbocycles. The van der Waals surface area contributed by atoms with Gasteiger partial charge in [-0.3, -0.25) is 14.6 Å². The maximum atomic E-state index is 13.9. The lowest BCUT2D eigenvalue weighted by molar-refractivity contribution is -0.143. The van der Waals surface area contributed by atoms with Gasteiger partial charge in [0.15, 0.2) is 5.75 Å². The Morgan fingerprint density at radius 1 is 1.03 bits per heavy atom. The van der Waals surface area contributed by atoms with Gasteiger partial charge in [-0.05, 0) is 36.4 Å². The molecule has 0 aliphatic carbocycles. The summed E-state index contributed by atoms with van der Waals surface area (Å²) >= 11 is 0. The summed E-state index contributed by atoms with van der Waals surface area (Å²) in [6.07, 6.45) is -12.1. The Kier molecular flexibility index (Phi) is 7.55. The quantitative estimate of drug-likeness (QED) is 0.572. The summed E-state index contributed by atoms with van der Waals surface area (Å²) in [6.45, 7) is -1.10. The highest BCUT2D eigenvalue weighted by molar-refractivity contribution is 5.99. The number of benzene rings is 2. The number of hydrogen-bond acceptors (Lipinski definition) is 4. The van der Waals surface area contributed by atoms with E-state index in [0.717, 1.165) is 36.2 Å². The van der Waals surface area contributed by atoms with E-state index in [0.29, 0.717) is 9.80 Å². The molecule has 0 aromatic heterocycles. The minimum Gasteiger partial charge on any atom is -0.407 e. The molecule has 1 aliphatic rings. The topological polar surface area (TPSA) is 82.2 Å². The first-order chi connectivity index (χ1) is 17.1. The van der Waals surface area contributed by atoms with Gasteiger partial charge >= 0.3 is 24.5 Å². The minimum absolute atomic E-state index is 0.00224. The van der Waals surface area contributed by atoms with Crippen LogP contribution in [-0.2, 0) is 17.1 Å². The Hall–Kier alpha value is -4.04. The Bertz CT molecular complexity index is 1200. The lowest BCUT2D eigenvalue weighted by Crippen LogP contribution is -2.39. The summed E-state index contributed by atoms with van der Waals surface area (Å²) in [6, 6.07) is 3.14. The van der Waals surface area contributed by atoms with Crippen molar-refractivity contribution in [3.8, 4) is 5.75 Å². The Morgan fingerprint density at radius 2 is 1.65 bits per heavy atom. The summed E-state index contributed by atoms with van der Waals surface area (Å²) in [5, 5.41) is 2.25. The number of urea groups is 1. The van der Waals surface area contributed by atoms with Crippen molar-refractivity contribution in [3.63, 3.8) is 0 Å². The number of carbonyl (C=O) groups is 3. The molecule has 1 N–H and O–H groups in total. The molecule has 0 unspecified atom stereocenters. The van der Waals surface area contributed by atoms with Gasteiger partial charge in [0.05, 0.1) is 11.3 Å². The van der Waals surface area contributed by atoms with Gasteiger partial charge in [0.25, 0.3) is 0 Å². The Balaban J connectivity index is 2.11. The predicted molar refractivity (Wildman–Crippen MR) is 116 cm³/mol. The van der Waals surface area contributed by atoms with Crippen molar-refractivity contribution in [1.82, 2.24) is 10.2 Å². The van der Waals surface area contributed by atoms with Crippen molar-refractivity contribution < 1.29 is 49.9 Å². The fourth-order valence-corrected chi connectivity index (χ4v) is 3.43. The Morgan fingerprint density at radius 3 is 2.19 bits per heavy atom. The molecular formula is C22H19F7N4O4. The van der Waals surface area contributed by atoms with Gasteiger partial charge in [-0.1, -0.05) is 0 Å². The van der Waals surface area contributed by atoms with E-state index in [1.807, 2.05) is 0 Å². The van der Waals surface area contributed by atoms with E-state index < -0.39 is 71.9 Å². The molecule has 1 aliphatic heterocycles. The zero-order chi connectivity index (χ0) is 27.7. The van der Waals surface area contributed by atoms with Crippen molar-refractivity contribution in [2.24, 2.45) is 0 Å². The number of nitrogens with one attached hydrogen (secondary N) is 1. The molecule has 37 heavy (non-hydrogen) atoms. The molecule has 8 nitrogen and oxygen atoms in total. The van der Waals surface area contributed by atoms with Gasteiger partial charge in [0, 0.05) is 32.9 Å². The van der Waals surface area contributed by atoms with E-state index in [-0.39, 0.29) is 24.4 Å². The molecule has 0 bridgehead atoms. The second kappa shape index (κ2) is 10.1. The van der Waals surface area contributed by atoms with Crippen molar-refractivity contribution >= 4 is 29.4 Å². The number of nitrogens with zero attached hydrogens (tertiary/aromatic N) is 3. The number of alkyl halides is 6. The lowest BCUT2D eigenvalue weighted by atomic mass is 10.1. The van der Waals surface area contributed by atoms with Crippen molar-refractivity contribution in [2.75, 3.05) is 43.5 Å². The van der Waals surface area contributed by atoms with Crippen LogP contribution in [0.4, 0.5) is 51.7 Å². The van der Waals surface area contributed by atoms with Crippen molar-refractivity contribution in [2.45, 2.75) is 12.4 Å². The van der Waals surface area contributed by atoms with Gasteiger partial charge < -0.3 is 15.0 Å². The average molecular weight is 536 g/mol. The fraction of sp³-hybridized carbons (Fsp3) is 0.318. The molecule has 4 amide bonds. The number of rotatable bonds is 5. The van der Waals surface area contributed by atoms with Gasteiger partial charge in [-0.25, -0.2) is 14.0 Å². The van der Waals surface area contributed by atoms with Crippen LogP contribution in [0.2, 0.25) is 0 Å². The fourth-order valence-electron chi connectivity index (χ4n) is 3.43. The summed E-state index contributed by atoms with van der Waals surface area (Å²) in [7, 11) is 2.36. The zero-order valence-corrected chi connectivity index (χ0v) is 19.2. The predicted octanol–water partition coefficient (Wildman–Crippen LogP) is 4.49. The highest BCUT2D eigenvalue weighted by Crippen LogP contribution is 2.47. The average Bonchev–Trinajstić information content (AvgIpc) is 3.17. The maximum Gasteiger partial charge on any atom is 0.420 e. The highest BCUT2D eigenvalue weighted by Gasteiger charge is 2.44. The molecule has 200 valence electrons. The van der Waals surface area contributed by atoms with Gasteiger partial charge in [0.2, 0.25) is 5.91 Å². The lowest BCUT2D eigenvalue weighted by Gasteiger charge is -2.26.